The SMILES string of the molecule is CC(=O)N[C@@H]1[C@@H](OC2O[C@H](CO)[C@H](O)[C@H](OC3(C(=O)O)C[C@H](O)[C@@H](NC(=O)CO)[C@H]([C@H](O)[C@H](O)CO)O3)[C@H]2O)[C@@H](O)[C@@H](CO)O[C@@H]1O. The number of aliphatic hydroxyl groups excluding tert-OH is 11. The van der Waals surface area contributed by atoms with E-state index in [1.807, 2.05) is 0 Å². The third-order valence-electron chi connectivity index (χ3n) is 7.97. The molecule has 47 heavy (non-hydrogen) atoms. The first-order chi connectivity index (χ1) is 22.0. The first kappa shape index (κ1) is 39.2. The Morgan fingerprint density at radius 1 is 0.872 bits per heavy atom. The monoisotopic (exact) mass is 690 g/mol. The molecule has 14 N–H and O–H groups in total. The highest BCUT2D eigenvalue weighted by molar-refractivity contribution is 5.78. The lowest BCUT2D eigenvalue weighted by Crippen LogP contribution is -2.71. The van der Waals surface area contributed by atoms with Gasteiger partial charge in [0.2, 0.25) is 11.8 Å². The highest BCUT2D eigenvalue weighted by Gasteiger charge is 2.60. The number of aliphatic carboxylic acids is 1. The summed E-state index contributed by atoms with van der Waals surface area (Å²) >= 11 is 0. The summed E-state index contributed by atoms with van der Waals surface area (Å²) in [5.74, 6) is -6.98. The zero-order valence-corrected chi connectivity index (χ0v) is 24.8. The maximum atomic E-state index is 12.6. The molecule has 22 nitrogen and oxygen atoms in total. The average Bonchev–Trinajstić information content (AvgIpc) is 3.03. The number of rotatable bonds is 13. The first-order valence-corrected chi connectivity index (χ1v) is 14.4. The molecule has 3 aliphatic rings. The van der Waals surface area contributed by atoms with Crippen molar-refractivity contribution in [1.82, 2.24) is 10.6 Å². The lowest BCUT2D eigenvalue weighted by Gasteiger charge is -2.50. The molecule has 16 atom stereocenters. The van der Waals surface area contributed by atoms with E-state index in [0.717, 1.165) is 6.92 Å². The van der Waals surface area contributed by atoms with Crippen LogP contribution in [0.1, 0.15) is 13.3 Å². The van der Waals surface area contributed by atoms with Crippen molar-refractivity contribution in [3.63, 3.8) is 0 Å². The van der Waals surface area contributed by atoms with E-state index in [9.17, 15) is 70.6 Å². The molecule has 0 aromatic heterocycles. The first-order valence-electron chi connectivity index (χ1n) is 14.4. The summed E-state index contributed by atoms with van der Waals surface area (Å²) in [5, 5.41) is 127. The molecule has 3 aliphatic heterocycles. The van der Waals surface area contributed by atoms with Crippen LogP contribution in [0.25, 0.3) is 0 Å². The summed E-state index contributed by atoms with van der Waals surface area (Å²) in [6.45, 7) is -3.02. The molecule has 3 fully saturated rings. The van der Waals surface area contributed by atoms with Crippen LogP contribution < -0.4 is 10.6 Å². The number of ether oxygens (including phenoxy) is 5. The van der Waals surface area contributed by atoms with E-state index in [-0.39, 0.29) is 0 Å². The van der Waals surface area contributed by atoms with Crippen LogP contribution in [0.15, 0.2) is 0 Å². The fraction of sp³-hybridized carbons (Fsp3) is 0.880. The summed E-state index contributed by atoms with van der Waals surface area (Å²) in [4.78, 5) is 36.3. The maximum absolute atomic E-state index is 12.6. The van der Waals surface area contributed by atoms with Gasteiger partial charge < -0.3 is 95.6 Å². The van der Waals surface area contributed by atoms with Gasteiger partial charge in [0, 0.05) is 13.3 Å². The van der Waals surface area contributed by atoms with E-state index >= 15 is 0 Å². The number of amides is 2. The van der Waals surface area contributed by atoms with Gasteiger partial charge in [-0.15, -0.1) is 0 Å². The molecule has 2 unspecified atom stereocenters. The van der Waals surface area contributed by atoms with Crippen LogP contribution in [0.3, 0.4) is 0 Å². The smallest absolute Gasteiger partial charge is 0.364 e. The van der Waals surface area contributed by atoms with E-state index < -0.39 is 148 Å². The van der Waals surface area contributed by atoms with E-state index in [0.29, 0.717) is 0 Å². The van der Waals surface area contributed by atoms with Crippen molar-refractivity contribution >= 4 is 17.8 Å². The van der Waals surface area contributed by atoms with Crippen molar-refractivity contribution in [3.05, 3.63) is 0 Å². The summed E-state index contributed by atoms with van der Waals surface area (Å²) in [5.41, 5.74) is 0. The average molecular weight is 691 g/mol. The fourth-order valence-corrected chi connectivity index (χ4v) is 5.56. The van der Waals surface area contributed by atoms with Crippen molar-refractivity contribution < 1.29 is 99.3 Å². The molecule has 0 aliphatic carbocycles. The molecule has 2 amide bonds. The van der Waals surface area contributed by atoms with Crippen molar-refractivity contribution in [2.45, 2.75) is 111 Å². The molecule has 0 aromatic rings. The zero-order valence-electron chi connectivity index (χ0n) is 24.8. The Hall–Kier alpha value is -2.23. The van der Waals surface area contributed by atoms with Crippen LogP contribution in [-0.4, -0.2) is 203 Å². The molecule has 272 valence electrons. The third-order valence-corrected chi connectivity index (χ3v) is 7.97. The molecule has 3 heterocycles. The highest BCUT2D eigenvalue weighted by atomic mass is 16.8. The van der Waals surface area contributed by atoms with E-state index in [2.05, 4.69) is 10.6 Å². The van der Waals surface area contributed by atoms with Gasteiger partial charge >= 0.3 is 5.97 Å². The second-order valence-corrected chi connectivity index (χ2v) is 11.3. The predicted molar refractivity (Wildman–Crippen MR) is 143 cm³/mol. The Bertz CT molecular complexity index is 1070. The normalized spacial score (nSPS) is 42.3. The van der Waals surface area contributed by atoms with Gasteiger partial charge in [0.1, 0.15) is 73.7 Å². The topological polar surface area (TPSA) is 364 Å². The lowest BCUT2D eigenvalue weighted by atomic mass is 9.88. The van der Waals surface area contributed by atoms with Crippen LogP contribution in [0.5, 0.6) is 0 Å². The molecule has 0 saturated carbocycles. The van der Waals surface area contributed by atoms with Crippen molar-refractivity contribution in [2.24, 2.45) is 0 Å². The molecular weight excluding hydrogens is 648 g/mol. The van der Waals surface area contributed by atoms with Crippen LogP contribution in [0.4, 0.5) is 0 Å². The summed E-state index contributed by atoms with van der Waals surface area (Å²) < 4.78 is 27.2. The summed E-state index contributed by atoms with van der Waals surface area (Å²) in [6.07, 6.45) is -26.5. The Balaban J connectivity index is 1.98. The van der Waals surface area contributed by atoms with Crippen LogP contribution >= 0.6 is 0 Å². The second-order valence-electron chi connectivity index (χ2n) is 11.3. The number of carboxylic acids is 1. The van der Waals surface area contributed by atoms with Gasteiger partial charge in [0.25, 0.3) is 5.79 Å². The number of carbonyl (C=O) groups is 3. The molecule has 3 rings (SSSR count). The number of hydrogen-bond donors (Lipinski definition) is 14. The predicted octanol–water partition coefficient (Wildman–Crippen LogP) is -9.11. The van der Waals surface area contributed by atoms with Crippen molar-refractivity contribution in [3.8, 4) is 0 Å². The Kier molecular flexibility index (Phi) is 13.7. The number of carbonyl (C=O) groups excluding carboxylic acids is 2. The largest absolute Gasteiger partial charge is 0.477 e. The van der Waals surface area contributed by atoms with Gasteiger partial charge in [-0.25, -0.2) is 4.79 Å². The van der Waals surface area contributed by atoms with Crippen molar-refractivity contribution in [2.75, 3.05) is 26.4 Å². The van der Waals surface area contributed by atoms with Crippen molar-refractivity contribution in [1.29, 1.82) is 0 Å². The minimum absolute atomic E-state index is 0.733. The number of aliphatic hydroxyl groups is 11. The molecule has 0 spiro atoms. The third kappa shape index (κ3) is 8.50. The van der Waals surface area contributed by atoms with Gasteiger partial charge in [0.05, 0.1) is 32.0 Å². The molecule has 22 heteroatoms. The Morgan fingerprint density at radius 2 is 1.47 bits per heavy atom. The van der Waals surface area contributed by atoms with Gasteiger partial charge in [0.15, 0.2) is 12.6 Å². The van der Waals surface area contributed by atoms with Crippen LogP contribution in [-0.2, 0) is 38.1 Å². The van der Waals surface area contributed by atoms with E-state index in [1.54, 1.807) is 0 Å². The standard InChI is InChI=1S/C25H42N2O20/c1-7(32)26-14-19(16(37)10(4-29)43-22(14)40)45-23-18(39)21(17(38)11(5-30)44-23)47-25(24(41)42)2-8(33)13(27-12(35)6-31)20(46-25)15(36)9(34)3-28/h8-11,13-23,28-31,33-34,36-40H,2-6H2,1H3,(H,26,32)(H,27,35)(H,41,42)/t8-,9+,10+,11+,13+,14+,15+,16-,17-,18+,19+,20+,21-,22-,23?,25?/m0/s1. The highest BCUT2D eigenvalue weighted by Crippen LogP contribution is 2.38. The molecule has 3 saturated heterocycles. The van der Waals surface area contributed by atoms with Gasteiger partial charge in [-0.3, -0.25) is 9.59 Å². The zero-order chi connectivity index (χ0) is 35.4. The Morgan fingerprint density at radius 3 is 2.00 bits per heavy atom. The Labute approximate surface area is 265 Å². The minimum atomic E-state index is -3.11. The summed E-state index contributed by atoms with van der Waals surface area (Å²) in [7, 11) is 0. The van der Waals surface area contributed by atoms with E-state index in [4.69, 9.17) is 28.8 Å². The summed E-state index contributed by atoms with van der Waals surface area (Å²) in [6, 6.07) is -3.26. The number of hydrogen-bond acceptors (Lipinski definition) is 19. The number of carboxylic acid groups (broad SMARTS) is 1. The molecule has 0 radical (unpaired) electrons. The molecular formula is C25H42N2O20. The van der Waals surface area contributed by atoms with Gasteiger partial charge in [-0.2, -0.15) is 0 Å². The maximum Gasteiger partial charge on any atom is 0.364 e. The second kappa shape index (κ2) is 16.4. The number of nitrogens with one attached hydrogen (secondary N) is 2. The van der Waals surface area contributed by atoms with Gasteiger partial charge in [-0.05, 0) is 0 Å². The lowest BCUT2D eigenvalue weighted by molar-refractivity contribution is -0.380. The van der Waals surface area contributed by atoms with Gasteiger partial charge in [-0.1, -0.05) is 0 Å². The van der Waals surface area contributed by atoms with Crippen LogP contribution in [0, 0.1) is 0 Å². The van der Waals surface area contributed by atoms with Crippen LogP contribution in [0.2, 0.25) is 0 Å². The fourth-order valence-electron chi connectivity index (χ4n) is 5.56. The quantitative estimate of drug-likeness (QED) is 0.0852. The molecule has 0 bridgehead atoms. The minimum Gasteiger partial charge on any atom is -0.477 e. The molecule has 0 aromatic carbocycles. The van der Waals surface area contributed by atoms with E-state index in [1.165, 1.54) is 0 Å².